The summed E-state index contributed by atoms with van der Waals surface area (Å²) in [7, 11) is 0. The van der Waals surface area contributed by atoms with Gasteiger partial charge in [-0.25, -0.2) is 4.68 Å². The van der Waals surface area contributed by atoms with E-state index in [9.17, 15) is 0 Å². The molecule has 0 atom stereocenters. The Hall–Kier alpha value is -0.880. The fourth-order valence-corrected chi connectivity index (χ4v) is 2.18. The Morgan fingerprint density at radius 3 is 3.12 bits per heavy atom. The second kappa shape index (κ2) is 9.18. The molecule has 0 amide bonds. The topological polar surface area (TPSA) is 55.6 Å². The zero-order valence-corrected chi connectivity index (χ0v) is 11.2. The lowest BCUT2D eigenvalue weighted by molar-refractivity contribution is 0.510. The molecule has 1 rings (SSSR count). The molecular weight excluding hydrogens is 234 g/mol. The Bertz CT molecular complexity index is 313. The molecule has 0 saturated carbocycles. The average molecular weight is 255 g/mol. The number of thioether (sulfide) groups is 1. The predicted octanol–water partition coefficient (Wildman–Crippen LogP) is 1.73. The van der Waals surface area contributed by atoms with E-state index in [1.165, 1.54) is 0 Å². The molecule has 1 N–H and O–H groups in total. The van der Waals surface area contributed by atoms with Gasteiger partial charge in [0.15, 0.2) is 0 Å². The van der Waals surface area contributed by atoms with Crippen LogP contribution < -0.4 is 5.32 Å². The largest absolute Gasteiger partial charge is 0.315 e. The summed E-state index contributed by atoms with van der Waals surface area (Å²) < 4.78 is 1.86. The number of aromatic nitrogens is 4. The van der Waals surface area contributed by atoms with Crippen molar-refractivity contribution in [3.63, 3.8) is 0 Å². The Kier molecular flexibility index (Phi) is 7.66. The van der Waals surface area contributed by atoms with Gasteiger partial charge >= 0.3 is 0 Å². The maximum absolute atomic E-state index is 4.02. The van der Waals surface area contributed by atoms with Crippen LogP contribution in [-0.2, 0) is 6.54 Å². The number of hydrogen-bond donors (Lipinski definition) is 1. The zero-order chi connectivity index (χ0) is 12.3. The minimum Gasteiger partial charge on any atom is -0.315 e. The van der Waals surface area contributed by atoms with Gasteiger partial charge < -0.3 is 5.32 Å². The summed E-state index contributed by atoms with van der Waals surface area (Å²) in [5.41, 5.74) is 0. The third-order valence-electron chi connectivity index (χ3n) is 2.21. The van der Waals surface area contributed by atoms with E-state index < -0.39 is 0 Å². The maximum atomic E-state index is 4.02. The molecule has 1 aromatic rings. The highest BCUT2D eigenvalue weighted by molar-refractivity contribution is 7.99. The molecule has 0 fully saturated rings. The predicted molar refractivity (Wildman–Crippen MR) is 71.1 cm³/mol. The van der Waals surface area contributed by atoms with Crippen LogP contribution >= 0.6 is 11.8 Å². The van der Waals surface area contributed by atoms with Crippen LogP contribution in [0.25, 0.3) is 0 Å². The summed E-state index contributed by atoms with van der Waals surface area (Å²) in [5.74, 6) is 1.04. The first kappa shape index (κ1) is 14.2. The SMILES string of the molecule is C=CCCCSc1nnnn1CCNCCC. The molecule has 0 radical (unpaired) electrons. The second-order valence-corrected chi connectivity index (χ2v) is 4.78. The van der Waals surface area contributed by atoms with Gasteiger partial charge in [0, 0.05) is 12.3 Å². The fraction of sp³-hybridized carbons (Fsp3) is 0.727. The van der Waals surface area contributed by atoms with Crippen molar-refractivity contribution in [3.05, 3.63) is 12.7 Å². The number of nitrogens with one attached hydrogen (secondary N) is 1. The van der Waals surface area contributed by atoms with Gasteiger partial charge in [0.2, 0.25) is 5.16 Å². The maximum Gasteiger partial charge on any atom is 0.209 e. The van der Waals surface area contributed by atoms with E-state index in [1.54, 1.807) is 11.8 Å². The highest BCUT2D eigenvalue weighted by Gasteiger charge is 2.05. The third-order valence-corrected chi connectivity index (χ3v) is 3.25. The first-order chi connectivity index (χ1) is 8.38. The van der Waals surface area contributed by atoms with Crippen molar-refractivity contribution >= 4 is 11.8 Å². The smallest absolute Gasteiger partial charge is 0.209 e. The normalized spacial score (nSPS) is 10.6. The molecular formula is C11H21N5S. The first-order valence-electron chi connectivity index (χ1n) is 6.09. The molecule has 0 aromatic carbocycles. The average Bonchev–Trinajstić information content (AvgIpc) is 2.78. The van der Waals surface area contributed by atoms with E-state index in [0.717, 1.165) is 49.8 Å². The van der Waals surface area contributed by atoms with Crippen molar-refractivity contribution < 1.29 is 0 Å². The van der Waals surface area contributed by atoms with E-state index in [2.05, 4.69) is 34.3 Å². The molecule has 0 saturated heterocycles. The molecule has 1 aromatic heterocycles. The van der Waals surface area contributed by atoms with Crippen LogP contribution in [0.5, 0.6) is 0 Å². The number of nitrogens with zero attached hydrogens (tertiary/aromatic N) is 4. The monoisotopic (exact) mass is 255 g/mol. The third kappa shape index (κ3) is 5.83. The van der Waals surface area contributed by atoms with Crippen LogP contribution in [0.1, 0.15) is 26.2 Å². The highest BCUT2D eigenvalue weighted by Crippen LogP contribution is 2.15. The molecule has 0 bridgehead atoms. The molecule has 1 heterocycles. The molecule has 0 spiro atoms. The Morgan fingerprint density at radius 2 is 2.35 bits per heavy atom. The van der Waals surface area contributed by atoms with Gasteiger partial charge in [-0.3, -0.25) is 0 Å². The summed E-state index contributed by atoms with van der Waals surface area (Å²) >= 11 is 1.71. The molecule has 0 aliphatic heterocycles. The second-order valence-electron chi connectivity index (χ2n) is 3.71. The fourth-order valence-electron chi connectivity index (χ4n) is 1.32. The first-order valence-corrected chi connectivity index (χ1v) is 7.07. The van der Waals surface area contributed by atoms with Crippen molar-refractivity contribution in [2.45, 2.75) is 37.9 Å². The van der Waals surface area contributed by atoms with Gasteiger partial charge in [-0.15, -0.1) is 11.7 Å². The van der Waals surface area contributed by atoms with Gasteiger partial charge in [-0.1, -0.05) is 24.8 Å². The van der Waals surface area contributed by atoms with Crippen molar-refractivity contribution in [2.24, 2.45) is 0 Å². The molecule has 0 unspecified atom stereocenters. The summed E-state index contributed by atoms with van der Waals surface area (Å²) in [4.78, 5) is 0. The van der Waals surface area contributed by atoms with E-state index in [-0.39, 0.29) is 0 Å². The van der Waals surface area contributed by atoms with Crippen molar-refractivity contribution in [1.29, 1.82) is 0 Å². The summed E-state index contributed by atoms with van der Waals surface area (Å²) in [6.07, 6.45) is 5.26. The summed E-state index contributed by atoms with van der Waals surface area (Å²) in [6, 6.07) is 0. The van der Waals surface area contributed by atoms with Crippen LogP contribution in [0.15, 0.2) is 17.8 Å². The molecule has 0 aliphatic rings. The standard InChI is InChI=1S/C11H21N5S/c1-3-5-6-10-17-11-13-14-15-16(11)9-8-12-7-4-2/h3,12H,1,4-10H2,2H3. The van der Waals surface area contributed by atoms with Gasteiger partial charge in [-0.2, -0.15) is 0 Å². The van der Waals surface area contributed by atoms with Crippen LogP contribution in [-0.4, -0.2) is 39.0 Å². The van der Waals surface area contributed by atoms with Crippen LogP contribution in [0.4, 0.5) is 0 Å². The number of hydrogen-bond acceptors (Lipinski definition) is 5. The minimum absolute atomic E-state index is 0.830. The van der Waals surface area contributed by atoms with E-state index in [4.69, 9.17) is 0 Å². The molecule has 0 aliphatic carbocycles. The lowest BCUT2D eigenvalue weighted by atomic mass is 10.3. The Labute approximate surface area is 107 Å². The number of rotatable bonds is 10. The molecule has 17 heavy (non-hydrogen) atoms. The van der Waals surface area contributed by atoms with Gasteiger partial charge in [0.25, 0.3) is 0 Å². The van der Waals surface area contributed by atoms with Crippen molar-refractivity contribution in [3.8, 4) is 0 Å². The van der Waals surface area contributed by atoms with Gasteiger partial charge in [0.1, 0.15) is 0 Å². The van der Waals surface area contributed by atoms with Crippen molar-refractivity contribution in [2.75, 3.05) is 18.8 Å². The van der Waals surface area contributed by atoms with Gasteiger partial charge in [0.05, 0.1) is 6.54 Å². The zero-order valence-electron chi connectivity index (χ0n) is 10.4. The van der Waals surface area contributed by atoms with E-state index >= 15 is 0 Å². The number of tetrazole rings is 1. The molecule has 6 heteroatoms. The molecule has 5 nitrogen and oxygen atoms in total. The Balaban J connectivity index is 2.24. The Morgan fingerprint density at radius 1 is 1.47 bits per heavy atom. The van der Waals surface area contributed by atoms with Gasteiger partial charge in [-0.05, 0) is 36.2 Å². The van der Waals surface area contributed by atoms with Crippen LogP contribution in [0.3, 0.4) is 0 Å². The van der Waals surface area contributed by atoms with Crippen molar-refractivity contribution in [1.82, 2.24) is 25.5 Å². The lowest BCUT2D eigenvalue weighted by Crippen LogP contribution is -2.21. The molecule has 96 valence electrons. The van der Waals surface area contributed by atoms with E-state index in [0.29, 0.717) is 0 Å². The summed E-state index contributed by atoms with van der Waals surface area (Å²) in [6.45, 7) is 8.66. The minimum atomic E-state index is 0.830. The number of unbranched alkanes of at least 4 members (excludes halogenated alkanes) is 1. The quantitative estimate of drug-likeness (QED) is 0.392. The van der Waals surface area contributed by atoms with Crippen LogP contribution in [0.2, 0.25) is 0 Å². The number of allylic oxidation sites excluding steroid dienone is 1. The lowest BCUT2D eigenvalue weighted by Gasteiger charge is -2.04. The summed E-state index contributed by atoms with van der Waals surface area (Å²) in [5, 5.41) is 16.0. The highest BCUT2D eigenvalue weighted by atomic mass is 32.2. The van der Waals surface area contributed by atoms with E-state index in [1.807, 2.05) is 10.8 Å². The van der Waals surface area contributed by atoms with Crippen LogP contribution in [0, 0.1) is 0 Å².